The Morgan fingerprint density at radius 3 is 2.42 bits per heavy atom. The van der Waals surface area contributed by atoms with Gasteiger partial charge in [0.2, 0.25) is 0 Å². The molecule has 0 amide bonds. The number of piperazine rings is 1. The molecular weight excluding hydrogens is 152 g/mol. The van der Waals surface area contributed by atoms with Crippen molar-refractivity contribution in [3.63, 3.8) is 0 Å². The van der Waals surface area contributed by atoms with Gasteiger partial charge >= 0.3 is 0 Å². The summed E-state index contributed by atoms with van der Waals surface area (Å²) in [5, 5.41) is 9.26. The van der Waals surface area contributed by atoms with Crippen molar-refractivity contribution in [3.05, 3.63) is 0 Å². The van der Waals surface area contributed by atoms with Crippen LogP contribution in [0, 0.1) is 12.3 Å². The highest BCUT2D eigenvalue weighted by Gasteiger charge is 2.18. The van der Waals surface area contributed by atoms with Crippen molar-refractivity contribution < 1.29 is 5.11 Å². The molecule has 0 aromatic rings. The third kappa shape index (κ3) is 2.49. The molecular formula is C9H16N2O. The van der Waals surface area contributed by atoms with Gasteiger partial charge in [-0.1, -0.05) is 5.92 Å². The van der Waals surface area contributed by atoms with Crippen molar-refractivity contribution >= 4 is 0 Å². The van der Waals surface area contributed by atoms with E-state index in [-0.39, 0.29) is 6.23 Å². The zero-order valence-electron chi connectivity index (χ0n) is 7.53. The Morgan fingerprint density at radius 2 is 2.00 bits per heavy atom. The van der Waals surface area contributed by atoms with Crippen LogP contribution in [-0.4, -0.2) is 53.9 Å². The van der Waals surface area contributed by atoms with Crippen LogP contribution in [0.5, 0.6) is 0 Å². The summed E-state index contributed by atoms with van der Waals surface area (Å²) < 4.78 is 0. The lowest BCUT2D eigenvalue weighted by atomic mass is 10.3. The lowest BCUT2D eigenvalue weighted by molar-refractivity contribution is -0.0103. The van der Waals surface area contributed by atoms with E-state index in [0.717, 1.165) is 32.7 Å². The van der Waals surface area contributed by atoms with E-state index in [2.05, 4.69) is 10.8 Å². The highest BCUT2D eigenvalue weighted by molar-refractivity contribution is 4.89. The molecule has 0 aromatic heterocycles. The van der Waals surface area contributed by atoms with Crippen LogP contribution in [0.15, 0.2) is 0 Å². The fraction of sp³-hybridized carbons (Fsp3) is 0.778. The van der Waals surface area contributed by atoms with Gasteiger partial charge in [0.1, 0.15) is 6.23 Å². The van der Waals surface area contributed by atoms with Gasteiger partial charge in [0, 0.05) is 26.2 Å². The van der Waals surface area contributed by atoms with Crippen LogP contribution in [0.2, 0.25) is 0 Å². The molecule has 1 atom stereocenters. The second-order valence-electron chi connectivity index (χ2n) is 3.15. The van der Waals surface area contributed by atoms with Gasteiger partial charge in [0.15, 0.2) is 0 Å². The Hall–Kier alpha value is -0.560. The maximum atomic E-state index is 9.26. The van der Waals surface area contributed by atoms with E-state index in [0.29, 0.717) is 0 Å². The fourth-order valence-corrected chi connectivity index (χ4v) is 1.42. The number of aliphatic hydroxyl groups excluding tert-OH is 1. The smallest absolute Gasteiger partial charge is 0.104 e. The number of aliphatic hydroxyl groups is 1. The minimum absolute atomic E-state index is 0.321. The molecule has 1 rings (SSSR count). The normalized spacial score (nSPS) is 23.4. The quantitative estimate of drug-likeness (QED) is 0.567. The van der Waals surface area contributed by atoms with Crippen LogP contribution in [0.25, 0.3) is 0 Å². The molecule has 1 heterocycles. The molecule has 1 aliphatic heterocycles. The molecule has 1 saturated heterocycles. The molecule has 0 saturated carbocycles. The predicted octanol–water partition coefficient (Wildman–Crippen LogP) is -0.424. The Kier molecular flexibility index (Phi) is 3.54. The van der Waals surface area contributed by atoms with Gasteiger partial charge in [0.25, 0.3) is 0 Å². The summed E-state index contributed by atoms with van der Waals surface area (Å²) in [5.74, 6) is 2.63. The molecule has 0 radical (unpaired) electrons. The zero-order valence-corrected chi connectivity index (χ0v) is 7.53. The summed E-state index contributed by atoms with van der Waals surface area (Å²) in [4.78, 5) is 4.27. The lowest BCUT2D eigenvalue weighted by Crippen LogP contribution is -2.49. The van der Waals surface area contributed by atoms with Crippen molar-refractivity contribution in [2.45, 2.75) is 13.2 Å². The first-order chi connectivity index (χ1) is 5.74. The standard InChI is InChI=1S/C9H16N2O/c1-3-4-10-5-7-11(8-6-10)9(2)12/h1,9,12H,4-8H2,2H3. The van der Waals surface area contributed by atoms with E-state index in [9.17, 15) is 5.11 Å². The van der Waals surface area contributed by atoms with Gasteiger partial charge in [-0.05, 0) is 6.92 Å². The molecule has 3 heteroatoms. The van der Waals surface area contributed by atoms with E-state index < -0.39 is 0 Å². The largest absolute Gasteiger partial charge is 0.379 e. The minimum atomic E-state index is -0.321. The van der Waals surface area contributed by atoms with E-state index in [1.54, 1.807) is 6.92 Å². The Balaban J connectivity index is 2.26. The molecule has 0 spiro atoms. The van der Waals surface area contributed by atoms with Crippen LogP contribution in [-0.2, 0) is 0 Å². The topological polar surface area (TPSA) is 26.7 Å². The Bertz CT molecular complexity index is 166. The highest BCUT2D eigenvalue weighted by atomic mass is 16.3. The Morgan fingerprint density at radius 1 is 1.42 bits per heavy atom. The summed E-state index contributed by atoms with van der Waals surface area (Å²) in [5.41, 5.74) is 0. The second-order valence-corrected chi connectivity index (χ2v) is 3.15. The van der Waals surface area contributed by atoms with Crippen molar-refractivity contribution in [1.82, 2.24) is 9.80 Å². The second kappa shape index (κ2) is 4.46. The summed E-state index contributed by atoms with van der Waals surface area (Å²) in [6.45, 7) is 6.30. The van der Waals surface area contributed by atoms with Crippen molar-refractivity contribution in [1.29, 1.82) is 0 Å². The molecule has 3 nitrogen and oxygen atoms in total. The van der Waals surface area contributed by atoms with E-state index >= 15 is 0 Å². The maximum absolute atomic E-state index is 9.26. The molecule has 1 N–H and O–H groups in total. The van der Waals surface area contributed by atoms with Gasteiger partial charge < -0.3 is 5.11 Å². The summed E-state index contributed by atoms with van der Waals surface area (Å²) >= 11 is 0. The van der Waals surface area contributed by atoms with Crippen LogP contribution in [0.3, 0.4) is 0 Å². The number of hydrogen-bond acceptors (Lipinski definition) is 3. The van der Waals surface area contributed by atoms with Crippen LogP contribution in [0.1, 0.15) is 6.92 Å². The third-order valence-electron chi connectivity index (χ3n) is 2.25. The first kappa shape index (κ1) is 9.53. The fourth-order valence-electron chi connectivity index (χ4n) is 1.42. The van der Waals surface area contributed by atoms with Crippen molar-refractivity contribution in [2.24, 2.45) is 0 Å². The van der Waals surface area contributed by atoms with Crippen molar-refractivity contribution in [3.8, 4) is 12.3 Å². The van der Waals surface area contributed by atoms with Crippen LogP contribution >= 0.6 is 0 Å². The summed E-state index contributed by atoms with van der Waals surface area (Å²) in [7, 11) is 0. The molecule has 1 aliphatic rings. The minimum Gasteiger partial charge on any atom is -0.379 e. The maximum Gasteiger partial charge on any atom is 0.104 e. The molecule has 1 fully saturated rings. The van der Waals surface area contributed by atoms with Crippen LogP contribution < -0.4 is 0 Å². The summed E-state index contributed by atoms with van der Waals surface area (Å²) in [6.07, 6.45) is 4.88. The first-order valence-electron chi connectivity index (χ1n) is 4.32. The predicted molar refractivity (Wildman–Crippen MR) is 48.5 cm³/mol. The number of hydrogen-bond donors (Lipinski definition) is 1. The van der Waals surface area contributed by atoms with E-state index in [4.69, 9.17) is 6.42 Å². The highest BCUT2D eigenvalue weighted by Crippen LogP contribution is 2.03. The third-order valence-corrected chi connectivity index (χ3v) is 2.25. The lowest BCUT2D eigenvalue weighted by Gasteiger charge is -2.35. The number of nitrogens with zero attached hydrogens (tertiary/aromatic N) is 2. The van der Waals surface area contributed by atoms with Gasteiger partial charge in [-0.2, -0.15) is 0 Å². The van der Waals surface area contributed by atoms with Gasteiger partial charge in [-0.25, -0.2) is 0 Å². The SMILES string of the molecule is C#CCN1CCN(C(C)O)CC1. The van der Waals surface area contributed by atoms with Gasteiger partial charge in [-0.15, -0.1) is 6.42 Å². The van der Waals surface area contributed by atoms with Crippen LogP contribution in [0.4, 0.5) is 0 Å². The Labute approximate surface area is 74.0 Å². The summed E-state index contributed by atoms with van der Waals surface area (Å²) in [6, 6.07) is 0. The molecule has 0 aromatic carbocycles. The van der Waals surface area contributed by atoms with Gasteiger partial charge in [-0.3, -0.25) is 9.80 Å². The van der Waals surface area contributed by atoms with Gasteiger partial charge in [0.05, 0.1) is 6.54 Å². The average Bonchev–Trinajstić information content (AvgIpc) is 2.06. The number of terminal acetylenes is 1. The molecule has 0 bridgehead atoms. The van der Waals surface area contributed by atoms with Crippen molar-refractivity contribution in [2.75, 3.05) is 32.7 Å². The molecule has 68 valence electrons. The molecule has 12 heavy (non-hydrogen) atoms. The number of rotatable bonds is 2. The van der Waals surface area contributed by atoms with E-state index in [1.165, 1.54) is 0 Å². The first-order valence-corrected chi connectivity index (χ1v) is 4.32. The van der Waals surface area contributed by atoms with E-state index in [1.807, 2.05) is 4.90 Å². The molecule has 0 aliphatic carbocycles. The molecule has 1 unspecified atom stereocenters. The average molecular weight is 168 g/mol. The monoisotopic (exact) mass is 168 g/mol. The zero-order chi connectivity index (χ0) is 8.97.